The number of benzene rings is 1. The summed E-state index contributed by atoms with van der Waals surface area (Å²) in [5.74, 6) is 1.27. The number of amides is 1. The van der Waals surface area contributed by atoms with E-state index in [1.165, 1.54) is 0 Å². The van der Waals surface area contributed by atoms with Crippen LogP contribution in [-0.4, -0.2) is 43.1 Å². The quantitative estimate of drug-likeness (QED) is 0.732. The van der Waals surface area contributed by atoms with Gasteiger partial charge in [0.15, 0.2) is 11.5 Å². The van der Waals surface area contributed by atoms with Gasteiger partial charge in [0.05, 0.1) is 14.2 Å². The Bertz CT molecular complexity index is 728. The van der Waals surface area contributed by atoms with Crippen molar-refractivity contribution in [3.8, 4) is 11.5 Å². The van der Waals surface area contributed by atoms with Gasteiger partial charge in [0.2, 0.25) is 0 Å². The fraction of sp³-hybridized carbons (Fsp3) is 0.400. The van der Waals surface area contributed by atoms with E-state index in [4.69, 9.17) is 9.47 Å². The first-order valence-electron chi connectivity index (χ1n) is 8.87. The molecule has 2 rings (SSSR count). The highest BCUT2D eigenvalue weighted by molar-refractivity contribution is 5.93. The van der Waals surface area contributed by atoms with Crippen molar-refractivity contribution in [2.75, 3.05) is 32.6 Å². The van der Waals surface area contributed by atoms with E-state index in [0.29, 0.717) is 17.2 Å². The zero-order chi connectivity index (χ0) is 18.9. The van der Waals surface area contributed by atoms with Crippen molar-refractivity contribution >= 4 is 17.3 Å². The van der Waals surface area contributed by atoms with Crippen LogP contribution in [0.25, 0.3) is 0 Å². The summed E-state index contributed by atoms with van der Waals surface area (Å²) in [5.41, 5.74) is 2.08. The number of carbonyl (C=O) groups excluding carboxylic acids is 1. The fourth-order valence-electron chi connectivity index (χ4n) is 2.72. The second kappa shape index (κ2) is 9.65. The molecule has 0 aliphatic heterocycles. The predicted molar refractivity (Wildman–Crippen MR) is 104 cm³/mol. The molecule has 26 heavy (non-hydrogen) atoms. The van der Waals surface area contributed by atoms with Gasteiger partial charge in [0.1, 0.15) is 5.69 Å². The van der Waals surface area contributed by atoms with Crippen molar-refractivity contribution in [1.29, 1.82) is 0 Å². The third kappa shape index (κ3) is 4.88. The molecule has 1 heterocycles. The highest BCUT2D eigenvalue weighted by Crippen LogP contribution is 2.31. The summed E-state index contributed by atoms with van der Waals surface area (Å²) in [6, 6.07) is 9.18. The number of nitrogens with one attached hydrogen (secondary N) is 1. The van der Waals surface area contributed by atoms with Crippen LogP contribution in [0, 0.1) is 0 Å². The van der Waals surface area contributed by atoms with Gasteiger partial charge in [-0.1, -0.05) is 13.8 Å². The first-order chi connectivity index (χ1) is 12.6. The van der Waals surface area contributed by atoms with Gasteiger partial charge in [-0.3, -0.25) is 9.78 Å². The fourth-order valence-corrected chi connectivity index (χ4v) is 2.72. The molecule has 0 spiro atoms. The van der Waals surface area contributed by atoms with Crippen molar-refractivity contribution < 1.29 is 14.3 Å². The number of carbonyl (C=O) groups is 1. The van der Waals surface area contributed by atoms with Crippen LogP contribution in [0.5, 0.6) is 11.5 Å². The molecule has 0 aliphatic rings. The Morgan fingerprint density at radius 2 is 1.65 bits per heavy atom. The van der Waals surface area contributed by atoms with Gasteiger partial charge in [-0.05, 0) is 37.1 Å². The Labute approximate surface area is 155 Å². The molecule has 2 aromatic rings. The Kier molecular flexibility index (Phi) is 7.26. The summed E-state index contributed by atoms with van der Waals surface area (Å²) < 4.78 is 10.6. The molecule has 1 aromatic carbocycles. The Balaban J connectivity index is 2.19. The number of anilines is 2. The molecule has 0 saturated heterocycles. The van der Waals surface area contributed by atoms with E-state index in [0.717, 1.165) is 37.3 Å². The summed E-state index contributed by atoms with van der Waals surface area (Å²) in [5, 5.41) is 3.28. The van der Waals surface area contributed by atoms with Gasteiger partial charge >= 0.3 is 0 Å². The molecule has 0 radical (unpaired) electrons. The largest absolute Gasteiger partial charge is 0.493 e. The molecule has 0 saturated carbocycles. The lowest BCUT2D eigenvalue weighted by Crippen LogP contribution is -2.33. The van der Waals surface area contributed by atoms with E-state index in [1.807, 2.05) is 29.2 Å². The number of hydrogen-bond acceptors (Lipinski definition) is 5. The maximum Gasteiger partial charge on any atom is 0.272 e. The van der Waals surface area contributed by atoms with E-state index < -0.39 is 0 Å². The molecule has 0 aliphatic carbocycles. The summed E-state index contributed by atoms with van der Waals surface area (Å²) in [6.07, 6.45) is 3.50. The zero-order valence-electron chi connectivity index (χ0n) is 15.9. The van der Waals surface area contributed by atoms with Gasteiger partial charge in [0, 0.05) is 36.7 Å². The van der Waals surface area contributed by atoms with E-state index in [2.05, 4.69) is 24.1 Å². The monoisotopic (exact) mass is 357 g/mol. The van der Waals surface area contributed by atoms with Crippen molar-refractivity contribution in [3.63, 3.8) is 0 Å². The summed E-state index contributed by atoms with van der Waals surface area (Å²) in [4.78, 5) is 18.8. The molecule has 0 atom stereocenters. The Morgan fingerprint density at radius 3 is 2.27 bits per heavy atom. The summed E-state index contributed by atoms with van der Waals surface area (Å²) >= 11 is 0. The molecular weight excluding hydrogens is 330 g/mol. The van der Waals surface area contributed by atoms with Crippen LogP contribution < -0.4 is 14.8 Å². The van der Waals surface area contributed by atoms with E-state index in [9.17, 15) is 4.79 Å². The maximum absolute atomic E-state index is 12.7. The average molecular weight is 357 g/mol. The first-order valence-corrected chi connectivity index (χ1v) is 8.87. The van der Waals surface area contributed by atoms with Crippen molar-refractivity contribution in [1.82, 2.24) is 9.88 Å². The number of aromatic nitrogens is 1. The van der Waals surface area contributed by atoms with Crippen LogP contribution in [0.2, 0.25) is 0 Å². The molecule has 0 unspecified atom stereocenters. The number of hydrogen-bond donors (Lipinski definition) is 1. The molecule has 1 amide bonds. The third-order valence-corrected chi connectivity index (χ3v) is 3.93. The van der Waals surface area contributed by atoms with Crippen LogP contribution in [0.15, 0.2) is 36.5 Å². The second-order valence-electron chi connectivity index (χ2n) is 5.92. The lowest BCUT2D eigenvalue weighted by atomic mass is 10.2. The highest BCUT2D eigenvalue weighted by Gasteiger charge is 2.16. The smallest absolute Gasteiger partial charge is 0.272 e. The van der Waals surface area contributed by atoms with Gasteiger partial charge in [0.25, 0.3) is 5.91 Å². The van der Waals surface area contributed by atoms with E-state index in [-0.39, 0.29) is 5.91 Å². The molecule has 6 nitrogen and oxygen atoms in total. The van der Waals surface area contributed by atoms with Crippen LogP contribution in [0.3, 0.4) is 0 Å². The normalized spacial score (nSPS) is 10.3. The van der Waals surface area contributed by atoms with E-state index >= 15 is 0 Å². The lowest BCUT2D eigenvalue weighted by molar-refractivity contribution is 0.0749. The van der Waals surface area contributed by atoms with Crippen LogP contribution in [0.1, 0.15) is 37.2 Å². The number of ether oxygens (including phenoxy) is 2. The number of pyridine rings is 1. The van der Waals surface area contributed by atoms with Gasteiger partial charge in [-0.15, -0.1) is 0 Å². The predicted octanol–water partition coefficient (Wildman–Crippen LogP) is 4.10. The SMILES string of the molecule is CCCN(CCC)C(=O)c1cc(Nc2ccc(OC)c(OC)c2)ccn1. The van der Waals surface area contributed by atoms with E-state index in [1.54, 1.807) is 26.5 Å². The number of rotatable bonds is 9. The molecule has 1 N–H and O–H groups in total. The summed E-state index contributed by atoms with van der Waals surface area (Å²) in [6.45, 7) is 5.61. The average Bonchev–Trinajstić information content (AvgIpc) is 2.67. The van der Waals surface area contributed by atoms with Crippen LogP contribution >= 0.6 is 0 Å². The lowest BCUT2D eigenvalue weighted by Gasteiger charge is -2.21. The minimum atomic E-state index is -0.0374. The molecule has 0 fully saturated rings. The van der Waals surface area contributed by atoms with Gasteiger partial charge < -0.3 is 19.7 Å². The van der Waals surface area contributed by atoms with Gasteiger partial charge in [-0.25, -0.2) is 0 Å². The van der Waals surface area contributed by atoms with Crippen LogP contribution in [0.4, 0.5) is 11.4 Å². The number of nitrogens with zero attached hydrogens (tertiary/aromatic N) is 2. The molecule has 1 aromatic heterocycles. The molecular formula is C20H27N3O3. The van der Waals surface area contributed by atoms with Crippen molar-refractivity contribution in [2.45, 2.75) is 26.7 Å². The van der Waals surface area contributed by atoms with Crippen LogP contribution in [-0.2, 0) is 0 Å². The molecule has 0 bridgehead atoms. The molecule has 6 heteroatoms. The molecule has 140 valence electrons. The maximum atomic E-state index is 12.7. The minimum Gasteiger partial charge on any atom is -0.493 e. The summed E-state index contributed by atoms with van der Waals surface area (Å²) in [7, 11) is 3.20. The van der Waals surface area contributed by atoms with Crippen molar-refractivity contribution in [3.05, 3.63) is 42.2 Å². The van der Waals surface area contributed by atoms with Crippen molar-refractivity contribution in [2.24, 2.45) is 0 Å². The minimum absolute atomic E-state index is 0.0374. The first kappa shape index (κ1) is 19.6. The second-order valence-corrected chi connectivity index (χ2v) is 5.92. The Hall–Kier alpha value is -2.76. The topological polar surface area (TPSA) is 63.7 Å². The van der Waals surface area contributed by atoms with Gasteiger partial charge in [-0.2, -0.15) is 0 Å². The zero-order valence-corrected chi connectivity index (χ0v) is 15.9. The highest BCUT2D eigenvalue weighted by atomic mass is 16.5. The Morgan fingerprint density at radius 1 is 1.00 bits per heavy atom. The third-order valence-electron chi connectivity index (χ3n) is 3.93. The standard InChI is InChI=1S/C20H27N3O3/c1-5-11-23(12-6-2)20(24)17-13-16(9-10-21-17)22-15-7-8-18(25-3)19(14-15)26-4/h7-10,13-14H,5-6,11-12H2,1-4H3,(H,21,22). The number of methoxy groups -OCH3 is 2.